The van der Waals surface area contributed by atoms with Crippen LogP contribution in [0, 0.1) is 0 Å². The summed E-state index contributed by atoms with van der Waals surface area (Å²) in [5.41, 5.74) is 0. The first-order valence-corrected chi connectivity index (χ1v) is 5.82. The van der Waals surface area contributed by atoms with Crippen molar-refractivity contribution in [2.75, 3.05) is 13.6 Å². The fraction of sp³-hybridized carbons (Fsp3) is 0.333. The Morgan fingerprint density at radius 1 is 1.27 bits per heavy atom. The van der Waals surface area contributed by atoms with Gasteiger partial charge in [-0.15, -0.1) is 0 Å². The van der Waals surface area contributed by atoms with Gasteiger partial charge in [0.1, 0.15) is 0 Å². The molecule has 1 rings (SSSR count). The van der Waals surface area contributed by atoms with E-state index in [4.69, 9.17) is 0 Å². The molecule has 1 N–H and O–H groups in total. The molecule has 0 unspecified atom stereocenters. The lowest BCUT2D eigenvalue weighted by atomic mass is 10.4. The van der Waals surface area contributed by atoms with E-state index in [0.717, 1.165) is 0 Å². The second-order valence-electron chi connectivity index (χ2n) is 2.69. The van der Waals surface area contributed by atoms with Crippen molar-refractivity contribution in [1.29, 1.82) is 0 Å². The van der Waals surface area contributed by atoms with Crippen molar-refractivity contribution in [3.8, 4) is 0 Å². The molecule has 2 heteroatoms. The minimum atomic E-state index is 0.0151. The van der Waals surface area contributed by atoms with Gasteiger partial charge in [0.25, 0.3) is 0 Å². The van der Waals surface area contributed by atoms with E-state index in [2.05, 4.69) is 35.6 Å². The highest BCUT2D eigenvalue weighted by molar-refractivity contribution is 6.53. The van der Waals surface area contributed by atoms with Crippen LogP contribution in [0.1, 0.15) is 0 Å². The van der Waals surface area contributed by atoms with Crippen LogP contribution in [0.4, 0.5) is 0 Å². The van der Waals surface area contributed by atoms with Crippen LogP contribution in [0.2, 0.25) is 6.04 Å². The predicted molar refractivity (Wildman–Crippen MR) is 53.4 cm³/mol. The summed E-state index contributed by atoms with van der Waals surface area (Å²) in [6.07, 6.45) is 0. The van der Waals surface area contributed by atoms with Crippen molar-refractivity contribution in [3.63, 3.8) is 0 Å². The maximum Gasteiger partial charge on any atom is 0.0560 e. The first-order chi connectivity index (χ1) is 5.43. The van der Waals surface area contributed by atoms with Crippen LogP contribution in [0.3, 0.4) is 0 Å². The summed E-state index contributed by atoms with van der Waals surface area (Å²) >= 11 is 0. The SMILES string of the molecule is CNCC[SiH2]c1ccccc1. The molecule has 60 valence electrons. The van der Waals surface area contributed by atoms with Crippen molar-refractivity contribution in [2.45, 2.75) is 6.04 Å². The summed E-state index contributed by atoms with van der Waals surface area (Å²) < 4.78 is 0. The molecule has 0 aliphatic rings. The summed E-state index contributed by atoms with van der Waals surface area (Å²) in [4.78, 5) is 0. The van der Waals surface area contributed by atoms with Gasteiger partial charge in [0.15, 0.2) is 0 Å². The maximum absolute atomic E-state index is 3.17. The second-order valence-corrected chi connectivity index (χ2v) is 4.72. The van der Waals surface area contributed by atoms with Gasteiger partial charge in [-0.2, -0.15) is 0 Å². The quantitative estimate of drug-likeness (QED) is 0.493. The van der Waals surface area contributed by atoms with Crippen molar-refractivity contribution in [3.05, 3.63) is 30.3 Å². The second kappa shape index (κ2) is 5.10. The van der Waals surface area contributed by atoms with Gasteiger partial charge in [-0.3, -0.25) is 0 Å². The molecule has 0 aliphatic heterocycles. The molecular weight excluding hydrogens is 150 g/mol. The number of benzene rings is 1. The third kappa shape index (κ3) is 3.35. The first-order valence-electron chi connectivity index (χ1n) is 4.12. The van der Waals surface area contributed by atoms with Gasteiger partial charge >= 0.3 is 0 Å². The largest absolute Gasteiger partial charge is 0.320 e. The third-order valence-electron chi connectivity index (χ3n) is 1.74. The summed E-state index contributed by atoms with van der Waals surface area (Å²) in [7, 11) is 2.03. The standard InChI is InChI=1S/C9H15NSi/c1-10-7-8-11-9-5-3-2-4-6-9/h2-6,10H,7-8,11H2,1H3. The highest BCUT2D eigenvalue weighted by Crippen LogP contribution is 1.83. The lowest BCUT2D eigenvalue weighted by molar-refractivity contribution is 0.860. The zero-order valence-corrected chi connectivity index (χ0v) is 8.42. The third-order valence-corrected chi connectivity index (χ3v) is 3.49. The van der Waals surface area contributed by atoms with Crippen LogP contribution >= 0.6 is 0 Å². The van der Waals surface area contributed by atoms with Gasteiger partial charge in [0.2, 0.25) is 0 Å². The van der Waals surface area contributed by atoms with Crippen LogP contribution in [-0.2, 0) is 0 Å². The van der Waals surface area contributed by atoms with Crippen LogP contribution in [0.25, 0.3) is 0 Å². The van der Waals surface area contributed by atoms with Crippen LogP contribution < -0.4 is 10.5 Å². The van der Waals surface area contributed by atoms with E-state index >= 15 is 0 Å². The fourth-order valence-electron chi connectivity index (χ4n) is 1.11. The normalized spacial score (nSPS) is 11.0. The molecule has 0 heterocycles. The highest BCUT2D eigenvalue weighted by atomic mass is 28.2. The lowest BCUT2D eigenvalue weighted by Gasteiger charge is -1.98. The summed E-state index contributed by atoms with van der Waals surface area (Å²) in [6.45, 7) is 1.17. The Bertz CT molecular complexity index is 186. The van der Waals surface area contributed by atoms with Gasteiger partial charge < -0.3 is 5.32 Å². The molecule has 0 bridgehead atoms. The molecule has 0 saturated carbocycles. The number of hydrogen-bond acceptors (Lipinski definition) is 1. The van der Waals surface area contributed by atoms with E-state index in [1.807, 2.05) is 7.05 Å². The topological polar surface area (TPSA) is 12.0 Å². The van der Waals surface area contributed by atoms with Crippen molar-refractivity contribution in [1.82, 2.24) is 5.32 Å². The molecule has 0 spiro atoms. The van der Waals surface area contributed by atoms with Crippen LogP contribution in [0.5, 0.6) is 0 Å². The van der Waals surface area contributed by atoms with Crippen molar-refractivity contribution < 1.29 is 0 Å². The fourth-order valence-corrected chi connectivity index (χ4v) is 2.66. The molecule has 0 amide bonds. The predicted octanol–water partition coefficient (Wildman–Crippen LogP) is 0.118. The summed E-state index contributed by atoms with van der Waals surface area (Å²) in [5.74, 6) is 0. The van der Waals surface area contributed by atoms with E-state index in [9.17, 15) is 0 Å². The molecule has 0 aromatic heterocycles. The van der Waals surface area contributed by atoms with E-state index in [1.54, 1.807) is 5.19 Å². The average molecular weight is 165 g/mol. The van der Waals surface area contributed by atoms with Crippen LogP contribution in [0.15, 0.2) is 30.3 Å². The number of hydrogen-bond donors (Lipinski definition) is 1. The Kier molecular flexibility index (Phi) is 3.94. The molecule has 11 heavy (non-hydrogen) atoms. The minimum Gasteiger partial charge on any atom is -0.320 e. The van der Waals surface area contributed by atoms with Gasteiger partial charge in [0.05, 0.1) is 9.52 Å². The Morgan fingerprint density at radius 3 is 2.64 bits per heavy atom. The summed E-state index contributed by atoms with van der Waals surface area (Å²) in [6, 6.07) is 12.2. The molecule has 0 fully saturated rings. The monoisotopic (exact) mass is 165 g/mol. The van der Waals surface area contributed by atoms with Gasteiger partial charge in [-0.05, 0) is 19.6 Å². The van der Waals surface area contributed by atoms with Crippen molar-refractivity contribution >= 4 is 14.7 Å². The van der Waals surface area contributed by atoms with Crippen LogP contribution in [-0.4, -0.2) is 23.1 Å². The molecule has 1 nitrogen and oxygen atoms in total. The van der Waals surface area contributed by atoms with Crippen molar-refractivity contribution in [2.24, 2.45) is 0 Å². The van der Waals surface area contributed by atoms with Gasteiger partial charge in [0, 0.05) is 0 Å². The maximum atomic E-state index is 3.17. The molecule has 0 aliphatic carbocycles. The summed E-state index contributed by atoms with van der Waals surface area (Å²) in [5, 5.41) is 4.74. The number of nitrogens with one attached hydrogen (secondary N) is 1. The molecule has 0 radical (unpaired) electrons. The average Bonchev–Trinajstić information content (AvgIpc) is 2.07. The number of rotatable bonds is 4. The van der Waals surface area contributed by atoms with E-state index in [1.165, 1.54) is 12.6 Å². The molecular formula is C9H15NSi. The Labute approximate surface area is 70.7 Å². The Morgan fingerprint density at radius 2 is 2.00 bits per heavy atom. The first kappa shape index (κ1) is 8.49. The zero-order valence-electron chi connectivity index (χ0n) is 7.01. The minimum absolute atomic E-state index is 0.0151. The van der Waals surface area contributed by atoms with E-state index in [0.29, 0.717) is 0 Å². The molecule has 0 atom stereocenters. The molecule has 1 aromatic rings. The van der Waals surface area contributed by atoms with Gasteiger partial charge in [-0.1, -0.05) is 35.5 Å². The lowest BCUT2D eigenvalue weighted by Crippen LogP contribution is -2.18. The van der Waals surface area contributed by atoms with Gasteiger partial charge in [-0.25, -0.2) is 0 Å². The molecule has 1 aromatic carbocycles. The van der Waals surface area contributed by atoms with E-state index in [-0.39, 0.29) is 9.52 Å². The van der Waals surface area contributed by atoms with E-state index < -0.39 is 0 Å². The Balaban J connectivity index is 2.28. The Hall–Kier alpha value is -0.603. The molecule has 0 saturated heterocycles. The smallest absolute Gasteiger partial charge is 0.0560 e. The zero-order chi connectivity index (χ0) is 7.94. The highest BCUT2D eigenvalue weighted by Gasteiger charge is 1.90.